The molecule has 0 amide bonds. The first-order valence-electron chi connectivity index (χ1n) is 6.47. The van der Waals surface area contributed by atoms with Gasteiger partial charge >= 0.3 is 0 Å². The molecule has 20 heavy (non-hydrogen) atoms. The van der Waals surface area contributed by atoms with Crippen molar-refractivity contribution in [1.82, 2.24) is 4.98 Å². The van der Waals surface area contributed by atoms with Crippen molar-refractivity contribution in [2.45, 2.75) is 12.5 Å². The first-order chi connectivity index (χ1) is 9.59. The fraction of sp³-hybridized carbons (Fsp3) is 0.118. The van der Waals surface area contributed by atoms with Crippen LogP contribution in [-0.4, -0.2) is 4.98 Å². The Morgan fingerprint density at radius 1 is 1.10 bits per heavy atom. The van der Waals surface area contributed by atoms with Crippen LogP contribution in [-0.2, 0) is 5.54 Å². The molecule has 2 aromatic carbocycles. The van der Waals surface area contributed by atoms with Gasteiger partial charge in [-0.3, -0.25) is 4.98 Å². The first kappa shape index (κ1) is 13.1. The lowest BCUT2D eigenvalue weighted by atomic mass is 9.83. The zero-order valence-electron chi connectivity index (χ0n) is 11.2. The number of aromatic nitrogens is 1. The third-order valence-electron chi connectivity index (χ3n) is 3.67. The first-order valence-corrected chi connectivity index (χ1v) is 6.85. The highest BCUT2D eigenvalue weighted by Crippen LogP contribution is 2.32. The summed E-state index contributed by atoms with van der Waals surface area (Å²) in [7, 11) is 0. The second kappa shape index (κ2) is 4.89. The molecule has 1 aromatic heterocycles. The molecule has 100 valence electrons. The van der Waals surface area contributed by atoms with Crippen LogP contribution in [0.4, 0.5) is 0 Å². The van der Waals surface area contributed by atoms with Crippen LogP contribution < -0.4 is 5.73 Å². The zero-order chi connectivity index (χ0) is 14.2. The molecule has 2 nitrogen and oxygen atoms in total. The molecule has 3 heteroatoms. The minimum absolute atomic E-state index is 0.618. The predicted octanol–water partition coefficient (Wildman–Crippen LogP) is 4.11. The van der Waals surface area contributed by atoms with Gasteiger partial charge < -0.3 is 5.73 Å². The maximum Gasteiger partial charge on any atom is 0.0644 e. The molecule has 1 heterocycles. The largest absolute Gasteiger partial charge is 0.318 e. The Hall–Kier alpha value is -1.90. The van der Waals surface area contributed by atoms with Crippen LogP contribution in [0.1, 0.15) is 18.1 Å². The molecule has 0 radical (unpaired) electrons. The van der Waals surface area contributed by atoms with E-state index in [0.29, 0.717) is 5.02 Å². The van der Waals surface area contributed by atoms with Gasteiger partial charge in [-0.1, -0.05) is 41.9 Å². The van der Waals surface area contributed by atoms with Crippen LogP contribution >= 0.6 is 11.6 Å². The quantitative estimate of drug-likeness (QED) is 0.768. The maximum absolute atomic E-state index is 6.61. The van der Waals surface area contributed by atoms with Crippen LogP contribution in [0.15, 0.2) is 60.9 Å². The van der Waals surface area contributed by atoms with E-state index in [4.69, 9.17) is 17.3 Å². The Morgan fingerprint density at radius 2 is 1.90 bits per heavy atom. The standard InChI is InChI=1S/C17H15ClN2/c1-17(19,13-5-3-6-14(18)10-13)16-7-2-4-12-8-9-20-11-15(12)16/h2-11H,19H2,1H3. The molecule has 0 saturated heterocycles. The Labute approximate surface area is 123 Å². The van der Waals surface area contributed by atoms with E-state index >= 15 is 0 Å². The molecule has 0 spiro atoms. The van der Waals surface area contributed by atoms with Crippen molar-refractivity contribution < 1.29 is 0 Å². The highest BCUT2D eigenvalue weighted by Gasteiger charge is 2.25. The highest BCUT2D eigenvalue weighted by atomic mass is 35.5. The molecule has 3 rings (SSSR count). The van der Waals surface area contributed by atoms with Crippen molar-refractivity contribution in [3.63, 3.8) is 0 Å². The number of hydrogen-bond acceptors (Lipinski definition) is 2. The van der Waals surface area contributed by atoms with Crippen molar-refractivity contribution in [3.8, 4) is 0 Å². The van der Waals surface area contributed by atoms with Crippen LogP contribution in [0.3, 0.4) is 0 Å². The van der Waals surface area contributed by atoms with Gasteiger partial charge in [-0.15, -0.1) is 0 Å². The molecule has 2 N–H and O–H groups in total. The Balaban J connectivity index is 2.23. The summed E-state index contributed by atoms with van der Waals surface area (Å²) in [5, 5.41) is 2.90. The SMILES string of the molecule is CC(N)(c1cccc(Cl)c1)c1cccc2ccncc12. The van der Waals surface area contributed by atoms with Crippen molar-refractivity contribution in [1.29, 1.82) is 0 Å². The Kier molecular flexibility index (Phi) is 3.20. The monoisotopic (exact) mass is 282 g/mol. The molecule has 0 bridgehead atoms. The summed E-state index contributed by atoms with van der Waals surface area (Å²) in [6.45, 7) is 2.00. The average molecular weight is 283 g/mol. The van der Waals surface area contributed by atoms with Crippen LogP contribution in [0.2, 0.25) is 5.02 Å². The van der Waals surface area contributed by atoms with Crippen LogP contribution in [0.5, 0.6) is 0 Å². The summed E-state index contributed by atoms with van der Waals surface area (Å²) < 4.78 is 0. The van der Waals surface area contributed by atoms with Gasteiger partial charge in [0.05, 0.1) is 5.54 Å². The number of halogens is 1. The molecule has 0 aliphatic heterocycles. The van der Waals surface area contributed by atoms with Gasteiger partial charge in [0, 0.05) is 22.8 Å². The van der Waals surface area contributed by atoms with Gasteiger partial charge in [0.1, 0.15) is 0 Å². The second-order valence-electron chi connectivity index (χ2n) is 5.12. The number of hydrogen-bond donors (Lipinski definition) is 1. The number of fused-ring (bicyclic) bond motifs is 1. The molecule has 0 aliphatic carbocycles. The number of pyridine rings is 1. The van der Waals surface area contributed by atoms with Crippen LogP contribution in [0.25, 0.3) is 10.8 Å². The molecular formula is C17H15ClN2. The predicted molar refractivity (Wildman–Crippen MR) is 83.8 cm³/mol. The van der Waals surface area contributed by atoms with Gasteiger partial charge in [0.2, 0.25) is 0 Å². The lowest BCUT2D eigenvalue weighted by molar-refractivity contribution is 0.608. The molecule has 0 aliphatic rings. The fourth-order valence-corrected chi connectivity index (χ4v) is 2.72. The van der Waals surface area contributed by atoms with E-state index in [2.05, 4.69) is 11.1 Å². The van der Waals surface area contributed by atoms with E-state index in [1.807, 2.05) is 55.6 Å². The summed E-state index contributed by atoms with van der Waals surface area (Å²) >= 11 is 6.09. The number of rotatable bonds is 2. The normalized spacial score (nSPS) is 14.2. The topological polar surface area (TPSA) is 38.9 Å². The minimum Gasteiger partial charge on any atom is -0.318 e. The molecule has 3 aromatic rings. The number of benzene rings is 2. The number of nitrogens with two attached hydrogens (primary N) is 1. The fourth-order valence-electron chi connectivity index (χ4n) is 2.53. The molecular weight excluding hydrogens is 268 g/mol. The van der Waals surface area contributed by atoms with Gasteiger partial charge in [-0.25, -0.2) is 0 Å². The van der Waals surface area contributed by atoms with Crippen molar-refractivity contribution in [2.24, 2.45) is 5.73 Å². The van der Waals surface area contributed by atoms with Crippen molar-refractivity contribution in [3.05, 3.63) is 77.1 Å². The molecule has 1 atom stereocenters. The minimum atomic E-state index is -0.618. The van der Waals surface area contributed by atoms with E-state index in [9.17, 15) is 0 Å². The van der Waals surface area contributed by atoms with Crippen LogP contribution in [0, 0.1) is 0 Å². The van der Waals surface area contributed by atoms with Gasteiger partial charge in [-0.05, 0) is 41.6 Å². The summed E-state index contributed by atoms with van der Waals surface area (Å²) in [6.07, 6.45) is 3.65. The third-order valence-corrected chi connectivity index (χ3v) is 3.90. The van der Waals surface area contributed by atoms with E-state index in [1.165, 1.54) is 0 Å². The van der Waals surface area contributed by atoms with Gasteiger partial charge in [-0.2, -0.15) is 0 Å². The van der Waals surface area contributed by atoms with E-state index in [-0.39, 0.29) is 0 Å². The lowest BCUT2D eigenvalue weighted by Gasteiger charge is -2.27. The van der Waals surface area contributed by atoms with E-state index < -0.39 is 5.54 Å². The summed E-state index contributed by atoms with van der Waals surface area (Å²) in [4.78, 5) is 4.22. The smallest absolute Gasteiger partial charge is 0.0644 e. The highest BCUT2D eigenvalue weighted by molar-refractivity contribution is 6.30. The third kappa shape index (κ3) is 2.17. The van der Waals surface area contributed by atoms with E-state index in [1.54, 1.807) is 6.20 Å². The summed E-state index contributed by atoms with van der Waals surface area (Å²) in [6, 6.07) is 15.8. The average Bonchev–Trinajstić information content (AvgIpc) is 2.46. The second-order valence-corrected chi connectivity index (χ2v) is 5.55. The molecule has 0 fully saturated rings. The molecule has 0 saturated carbocycles. The van der Waals surface area contributed by atoms with Gasteiger partial charge in [0.15, 0.2) is 0 Å². The number of nitrogens with zero attached hydrogens (tertiary/aromatic N) is 1. The van der Waals surface area contributed by atoms with Crippen molar-refractivity contribution in [2.75, 3.05) is 0 Å². The Morgan fingerprint density at radius 3 is 2.70 bits per heavy atom. The zero-order valence-corrected chi connectivity index (χ0v) is 11.9. The lowest BCUT2D eigenvalue weighted by Crippen LogP contribution is -2.34. The maximum atomic E-state index is 6.61. The Bertz CT molecular complexity index is 760. The summed E-state index contributed by atoms with van der Waals surface area (Å²) in [5.41, 5.74) is 8.02. The molecule has 1 unspecified atom stereocenters. The van der Waals surface area contributed by atoms with E-state index in [0.717, 1.165) is 21.9 Å². The van der Waals surface area contributed by atoms with Crippen molar-refractivity contribution >= 4 is 22.4 Å². The summed E-state index contributed by atoms with van der Waals surface area (Å²) in [5.74, 6) is 0. The van der Waals surface area contributed by atoms with Gasteiger partial charge in [0.25, 0.3) is 0 Å².